The molecule has 0 unspecified atom stereocenters. The maximum absolute atomic E-state index is 11.7. The summed E-state index contributed by atoms with van der Waals surface area (Å²) in [4.78, 5) is 16.1. The molecule has 3 aromatic rings. The third-order valence-corrected chi connectivity index (χ3v) is 3.50. The number of carbonyl (C=O) groups excluding carboxylic acids is 1. The van der Waals surface area contributed by atoms with E-state index in [4.69, 9.17) is 18.6 Å². The van der Waals surface area contributed by atoms with Gasteiger partial charge in [0, 0.05) is 19.9 Å². The molecule has 2 aromatic heterocycles. The zero-order chi connectivity index (χ0) is 19.1. The minimum Gasteiger partial charge on any atom is -0.461 e. The van der Waals surface area contributed by atoms with Crippen LogP contribution in [-0.4, -0.2) is 54.7 Å². The van der Waals surface area contributed by atoms with E-state index in [2.05, 4.69) is 15.4 Å². The van der Waals surface area contributed by atoms with E-state index in [1.165, 1.54) is 7.11 Å². The van der Waals surface area contributed by atoms with Crippen molar-refractivity contribution in [3.05, 3.63) is 42.7 Å². The number of hydrogen-bond donors (Lipinski definition) is 1. The lowest BCUT2D eigenvalue weighted by Gasteiger charge is -2.08. The molecule has 0 bridgehead atoms. The van der Waals surface area contributed by atoms with Gasteiger partial charge in [0.05, 0.1) is 18.6 Å². The van der Waals surface area contributed by atoms with E-state index >= 15 is 0 Å². The van der Waals surface area contributed by atoms with Gasteiger partial charge in [-0.3, -0.25) is 4.79 Å². The van der Waals surface area contributed by atoms with Gasteiger partial charge >= 0.3 is 6.01 Å². The monoisotopic (exact) mass is 372 g/mol. The summed E-state index contributed by atoms with van der Waals surface area (Å²) in [6, 6.07) is 10.9. The van der Waals surface area contributed by atoms with Gasteiger partial charge in [-0.15, -0.1) is 5.10 Å². The van der Waals surface area contributed by atoms with Gasteiger partial charge in [-0.2, -0.15) is 4.98 Å². The fourth-order valence-corrected chi connectivity index (χ4v) is 2.36. The first-order chi connectivity index (χ1) is 13.2. The lowest BCUT2D eigenvalue weighted by Crippen LogP contribution is -2.17. The zero-order valence-corrected chi connectivity index (χ0v) is 15.0. The van der Waals surface area contributed by atoms with E-state index in [0.29, 0.717) is 36.2 Å². The zero-order valence-electron chi connectivity index (χ0n) is 15.0. The SMILES string of the molecule is COCCOc1nc(-c2ccco2)n(-c2cccc(NC(=O)COC)c2)n1. The fourth-order valence-electron chi connectivity index (χ4n) is 2.36. The number of anilines is 1. The molecule has 1 N–H and O–H groups in total. The van der Waals surface area contributed by atoms with E-state index in [-0.39, 0.29) is 18.5 Å². The number of benzene rings is 1. The van der Waals surface area contributed by atoms with Gasteiger partial charge in [0.15, 0.2) is 5.76 Å². The Morgan fingerprint density at radius 3 is 2.81 bits per heavy atom. The second-order valence-electron chi connectivity index (χ2n) is 5.48. The molecule has 0 aliphatic carbocycles. The van der Waals surface area contributed by atoms with E-state index < -0.39 is 0 Å². The molecule has 3 rings (SSSR count). The van der Waals surface area contributed by atoms with Crippen molar-refractivity contribution in [3.63, 3.8) is 0 Å². The molecule has 2 heterocycles. The Labute approximate surface area is 155 Å². The van der Waals surface area contributed by atoms with Crippen LogP contribution in [0.3, 0.4) is 0 Å². The number of nitrogens with one attached hydrogen (secondary N) is 1. The Morgan fingerprint density at radius 2 is 2.07 bits per heavy atom. The van der Waals surface area contributed by atoms with Gasteiger partial charge < -0.3 is 23.9 Å². The number of hydrogen-bond acceptors (Lipinski definition) is 7. The van der Waals surface area contributed by atoms with Crippen molar-refractivity contribution in [2.75, 3.05) is 39.4 Å². The largest absolute Gasteiger partial charge is 0.461 e. The Balaban J connectivity index is 1.91. The van der Waals surface area contributed by atoms with Gasteiger partial charge in [0.25, 0.3) is 0 Å². The Morgan fingerprint density at radius 1 is 1.19 bits per heavy atom. The molecule has 0 spiro atoms. The summed E-state index contributed by atoms with van der Waals surface area (Å²) in [5.41, 5.74) is 1.29. The van der Waals surface area contributed by atoms with Crippen LogP contribution in [0.1, 0.15) is 0 Å². The van der Waals surface area contributed by atoms with Crippen LogP contribution in [0.15, 0.2) is 47.1 Å². The summed E-state index contributed by atoms with van der Waals surface area (Å²) in [5.74, 6) is 0.772. The van der Waals surface area contributed by atoms with Crippen molar-refractivity contribution in [2.24, 2.45) is 0 Å². The summed E-state index contributed by atoms with van der Waals surface area (Å²) in [5, 5.41) is 7.15. The highest BCUT2D eigenvalue weighted by molar-refractivity contribution is 5.91. The second-order valence-corrected chi connectivity index (χ2v) is 5.48. The van der Waals surface area contributed by atoms with Crippen molar-refractivity contribution in [1.82, 2.24) is 14.8 Å². The number of rotatable bonds is 9. The maximum atomic E-state index is 11.7. The number of methoxy groups -OCH3 is 2. The van der Waals surface area contributed by atoms with Gasteiger partial charge in [-0.1, -0.05) is 6.07 Å². The summed E-state index contributed by atoms with van der Waals surface area (Å²) in [6.07, 6.45) is 1.56. The molecule has 1 aromatic carbocycles. The molecule has 0 saturated carbocycles. The van der Waals surface area contributed by atoms with E-state index in [9.17, 15) is 4.79 Å². The van der Waals surface area contributed by atoms with Gasteiger partial charge in [-0.05, 0) is 30.3 Å². The molecule has 9 heteroatoms. The predicted octanol–water partition coefficient (Wildman–Crippen LogP) is 2.14. The molecule has 1 amide bonds. The number of aromatic nitrogens is 3. The van der Waals surface area contributed by atoms with Crippen molar-refractivity contribution in [3.8, 4) is 23.3 Å². The third kappa shape index (κ3) is 4.72. The van der Waals surface area contributed by atoms with Gasteiger partial charge in [0.2, 0.25) is 11.7 Å². The smallest absolute Gasteiger partial charge is 0.336 e. The average molecular weight is 372 g/mol. The highest BCUT2D eigenvalue weighted by atomic mass is 16.5. The summed E-state index contributed by atoms with van der Waals surface area (Å²) in [6.45, 7) is 0.722. The molecule has 27 heavy (non-hydrogen) atoms. The summed E-state index contributed by atoms with van der Waals surface area (Å²) < 4.78 is 22.4. The van der Waals surface area contributed by atoms with Crippen LogP contribution in [0.2, 0.25) is 0 Å². The van der Waals surface area contributed by atoms with Gasteiger partial charge in [0.1, 0.15) is 13.2 Å². The fraction of sp³-hybridized carbons (Fsp3) is 0.278. The van der Waals surface area contributed by atoms with Gasteiger partial charge in [-0.25, -0.2) is 4.68 Å². The summed E-state index contributed by atoms with van der Waals surface area (Å²) in [7, 11) is 3.05. The van der Waals surface area contributed by atoms with Crippen LogP contribution < -0.4 is 10.1 Å². The first-order valence-electron chi connectivity index (χ1n) is 8.23. The second kappa shape index (κ2) is 8.97. The topological polar surface area (TPSA) is 101 Å². The minimum absolute atomic E-state index is 0.0251. The molecule has 0 fully saturated rings. The lowest BCUT2D eigenvalue weighted by molar-refractivity contribution is -0.119. The first kappa shape index (κ1) is 18.6. The van der Waals surface area contributed by atoms with Crippen LogP contribution in [-0.2, 0) is 14.3 Å². The molecule has 0 aliphatic rings. The number of ether oxygens (including phenoxy) is 3. The van der Waals surface area contributed by atoms with Crippen LogP contribution >= 0.6 is 0 Å². The number of carbonyl (C=O) groups is 1. The third-order valence-electron chi connectivity index (χ3n) is 3.50. The first-order valence-corrected chi connectivity index (χ1v) is 8.23. The van der Waals surface area contributed by atoms with E-state index in [1.54, 1.807) is 48.4 Å². The molecule has 0 aliphatic heterocycles. The number of furan rings is 1. The molecule has 0 saturated heterocycles. The van der Waals surface area contributed by atoms with Crippen LogP contribution in [0.25, 0.3) is 17.3 Å². The van der Waals surface area contributed by atoms with Crippen molar-refractivity contribution < 1.29 is 23.4 Å². The normalized spacial score (nSPS) is 10.7. The maximum Gasteiger partial charge on any atom is 0.336 e. The Bertz CT molecular complexity index is 876. The highest BCUT2D eigenvalue weighted by Crippen LogP contribution is 2.25. The minimum atomic E-state index is -0.247. The van der Waals surface area contributed by atoms with Crippen molar-refractivity contribution in [2.45, 2.75) is 0 Å². The Kier molecular flexibility index (Phi) is 6.18. The van der Waals surface area contributed by atoms with Crippen molar-refractivity contribution in [1.29, 1.82) is 0 Å². The molecule has 0 atom stereocenters. The molecule has 142 valence electrons. The molecule has 9 nitrogen and oxygen atoms in total. The standard InChI is InChI=1S/C18H20N4O5/c1-24-9-10-27-18-20-17(15-7-4-8-26-15)22(21-18)14-6-3-5-13(11-14)19-16(23)12-25-2/h3-8,11H,9-10,12H2,1-2H3,(H,19,23). The number of amides is 1. The van der Waals surface area contributed by atoms with Crippen LogP contribution in [0.4, 0.5) is 5.69 Å². The highest BCUT2D eigenvalue weighted by Gasteiger charge is 2.17. The molecular formula is C18H20N4O5. The lowest BCUT2D eigenvalue weighted by atomic mass is 10.2. The predicted molar refractivity (Wildman–Crippen MR) is 96.9 cm³/mol. The summed E-state index contributed by atoms with van der Waals surface area (Å²) >= 11 is 0. The van der Waals surface area contributed by atoms with Crippen LogP contribution in [0, 0.1) is 0 Å². The van der Waals surface area contributed by atoms with Crippen LogP contribution in [0.5, 0.6) is 6.01 Å². The van der Waals surface area contributed by atoms with Crippen molar-refractivity contribution >= 4 is 11.6 Å². The van der Waals surface area contributed by atoms with E-state index in [0.717, 1.165) is 0 Å². The quantitative estimate of drug-likeness (QED) is 0.574. The number of nitrogens with zero attached hydrogens (tertiary/aromatic N) is 3. The Hall–Kier alpha value is -3.17. The molecule has 0 radical (unpaired) electrons. The average Bonchev–Trinajstić information content (AvgIpc) is 3.32. The molecular weight excluding hydrogens is 352 g/mol. The van der Waals surface area contributed by atoms with E-state index in [1.807, 2.05) is 6.07 Å².